The van der Waals surface area contributed by atoms with Crippen LogP contribution in [0.1, 0.15) is 13.8 Å². The topological polar surface area (TPSA) is 62.3 Å². The number of piperazine rings is 1. The normalized spacial score (nSPS) is 19.7. The predicted molar refractivity (Wildman–Crippen MR) is 82.6 cm³/mol. The van der Waals surface area contributed by atoms with Crippen LogP contribution in [0, 0.1) is 0 Å². The number of aromatic nitrogens is 1. The van der Waals surface area contributed by atoms with E-state index in [1.54, 1.807) is 28.7 Å². The van der Waals surface area contributed by atoms with Crippen LogP contribution < -0.4 is 5.32 Å². The number of rotatable bonds is 2. The number of hydrogen-bond acceptors (Lipinski definition) is 4. The molecule has 21 heavy (non-hydrogen) atoms. The Balaban J connectivity index is 2.09. The Bertz CT molecular complexity index is 766. The van der Waals surface area contributed by atoms with Crippen molar-refractivity contribution in [2.45, 2.75) is 24.3 Å². The van der Waals surface area contributed by atoms with E-state index < -0.39 is 10.0 Å². The largest absolute Gasteiger partial charge is 0.309 e. The lowest BCUT2D eigenvalue weighted by molar-refractivity contribution is 0.234. The number of pyridine rings is 1. The lowest BCUT2D eigenvalue weighted by atomic mass is 10.0. The van der Waals surface area contributed by atoms with E-state index in [-0.39, 0.29) is 5.54 Å². The van der Waals surface area contributed by atoms with Crippen LogP contribution in [-0.2, 0) is 10.0 Å². The van der Waals surface area contributed by atoms with Crippen LogP contribution >= 0.6 is 0 Å². The van der Waals surface area contributed by atoms with Crippen LogP contribution in [-0.4, -0.2) is 42.9 Å². The van der Waals surface area contributed by atoms with Crippen LogP contribution in [0.3, 0.4) is 0 Å². The van der Waals surface area contributed by atoms with Crippen molar-refractivity contribution < 1.29 is 8.42 Å². The van der Waals surface area contributed by atoms with Gasteiger partial charge in [-0.1, -0.05) is 6.07 Å². The standard InChI is InChI=1S/C15H19N3O2S/c1-15(2)11-18(10-9-17-15)21(19,20)14-7-3-6-13-12(14)5-4-8-16-13/h3-8,17H,9-11H2,1-2H3. The highest BCUT2D eigenvalue weighted by molar-refractivity contribution is 7.89. The summed E-state index contributed by atoms with van der Waals surface area (Å²) in [5, 5.41) is 4.01. The summed E-state index contributed by atoms with van der Waals surface area (Å²) in [5.74, 6) is 0. The number of nitrogens with zero attached hydrogens (tertiary/aromatic N) is 2. The Kier molecular flexibility index (Phi) is 3.47. The molecule has 0 amide bonds. The van der Waals surface area contributed by atoms with Gasteiger partial charge < -0.3 is 5.32 Å². The van der Waals surface area contributed by atoms with Crippen molar-refractivity contribution >= 4 is 20.9 Å². The van der Waals surface area contributed by atoms with E-state index in [1.165, 1.54) is 0 Å². The number of fused-ring (bicyclic) bond motifs is 1. The molecular formula is C15H19N3O2S. The number of nitrogens with one attached hydrogen (secondary N) is 1. The Hall–Kier alpha value is -1.50. The molecule has 1 aliphatic heterocycles. The molecule has 0 saturated carbocycles. The summed E-state index contributed by atoms with van der Waals surface area (Å²) in [4.78, 5) is 4.57. The minimum atomic E-state index is -3.51. The van der Waals surface area contributed by atoms with Gasteiger partial charge in [-0.15, -0.1) is 0 Å². The van der Waals surface area contributed by atoms with E-state index in [0.29, 0.717) is 35.4 Å². The highest BCUT2D eigenvalue weighted by atomic mass is 32.2. The van der Waals surface area contributed by atoms with Crippen LogP contribution in [0.15, 0.2) is 41.4 Å². The fraction of sp³-hybridized carbons (Fsp3) is 0.400. The van der Waals surface area contributed by atoms with Gasteiger partial charge in [-0.2, -0.15) is 4.31 Å². The lowest BCUT2D eigenvalue weighted by Crippen LogP contribution is -2.58. The molecule has 0 spiro atoms. The molecule has 2 heterocycles. The SMILES string of the molecule is CC1(C)CN(S(=O)(=O)c2cccc3ncccc23)CCN1. The van der Waals surface area contributed by atoms with Gasteiger partial charge in [-0.05, 0) is 38.1 Å². The van der Waals surface area contributed by atoms with E-state index in [2.05, 4.69) is 10.3 Å². The maximum absolute atomic E-state index is 13.0. The molecule has 6 heteroatoms. The molecule has 1 N–H and O–H groups in total. The second kappa shape index (κ2) is 5.05. The Labute approximate surface area is 125 Å². The third-order valence-corrected chi connectivity index (χ3v) is 5.66. The number of benzene rings is 1. The third kappa shape index (κ3) is 2.66. The highest BCUT2D eigenvalue weighted by Crippen LogP contribution is 2.26. The van der Waals surface area contributed by atoms with Crippen LogP contribution in [0.4, 0.5) is 0 Å². The van der Waals surface area contributed by atoms with E-state index in [1.807, 2.05) is 26.0 Å². The van der Waals surface area contributed by atoms with E-state index in [4.69, 9.17) is 0 Å². The summed E-state index contributed by atoms with van der Waals surface area (Å²) in [7, 11) is -3.51. The quantitative estimate of drug-likeness (QED) is 0.915. The first kappa shape index (κ1) is 14.4. The van der Waals surface area contributed by atoms with Crippen molar-refractivity contribution in [3.05, 3.63) is 36.5 Å². The molecule has 1 aliphatic rings. The molecule has 0 unspecified atom stereocenters. The van der Waals surface area contributed by atoms with Crippen molar-refractivity contribution in [3.63, 3.8) is 0 Å². The smallest absolute Gasteiger partial charge is 0.243 e. The monoisotopic (exact) mass is 305 g/mol. The van der Waals surface area contributed by atoms with E-state index in [0.717, 1.165) is 0 Å². The van der Waals surface area contributed by atoms with Gasteiger partial charge in [0.15, 0.2) is 0 Å². The molecule has 1 fully saturated rings. The molecule has 0 atom stereocenters. The van der Waals surface area contributed by atoms with Gasteiger partial charge in [-0.3, -0.25) is 4.98 Å². The minimum Gasteiger partial charge on any atom is -0.309 e. The van der Waals surface area contributed by atoms with Gasteiger partial charge in [0.1, 0.15) is 0 Å². The molecule has 0 radical (unpaired) electrons. The second-order valence-corrected chi connectivity index (χ2v) is 7.88. The second-order valence-electron chi connectivity index (χ2n) is 5.98. The third-order valence-electron chi connectivity index (χ3n) is 3.76. The van der Waals surface area contributed by atoms with Gasteiger partial charge in [0.25, 0.3) is 0 Å². The summed E-state index contributed by atoms with van der Waals surface area (Å²) in [6.45, 7) is 5.64. The van der Waals surface area contributed by atoms with Gasteiger partial charge in [0, 0.05) is 36.8 Å². The first-order valence-corrected chi connectivity index (χ1v) is 8.43. The lowest BCUT2D eigenvalue weighted by Gasteiger charge is -2.38. The summed E-state index contributed by atoms with van der Waals surface area (Å²) in [6, 6.07) is 8.81. The fourth-order valence-corrected chi connectivity index (χ4v) is 4.54. The molecule has 1 aromatic carbocycles. The van der Waals surface area contributed by atoms with Crippen molar-refractivity contribution in [3.8, 4) is 0 Å². The molecular weight excluding hydrogens is 286 g/mol. The summed E-state index contributed by atoms with van der Waals surface area (Å²) in [5.41, 5.74) is 0.488. The minimum absolute atomic E-state index is 0.214. The van der Waals surface area contributed by atoms with Crippen molar-refractivity contribution in [1.82, 2.24) is 14.6 Å². The molecule has 3 rings (SSSR count). The zero-order valence-electron chi connectivity index (χ0n) is 12.2. The maximum Gasteiger partial charge on any atom is 0.243 e. The zero-order chi connectivity index (χ0) is 15.1. The Morgan fingerprint density at radius 3 is 2.81 bits per heavy atom. The molecule has 0 aliphatic carbocycles. The first-order chi connectivity index (χ1) is 9.90. The zero-order valence-corrected chi connectivity index (χ0v) is 13.0. The van der Waals surface area contributed by atoms with Crippen molar-refractivity contribution in [2.24, 2.45) is 0 Å². The van der Waals surface area contributed by atoms with Gasteiger partial charge in [0.2, 0.25) is 10.0 Å². The average molecular weight is 305 g/mol. The van der Waals surface area contributed by atoms with Crippen LogP contribution in [0.5, 0.6) is 0 Å². The Morgan fingerprint density at radius 2 is 2.05 bits per heavy atom. The fourth-order valence-electron chi connectivity index (χ4n) is 2.74. The molecule has 1 saturated heterocycles. The summed E-state index contributed by atoms with van der Waals surface area (Å²) < 4.78 is 27.5. The predicted octanol–water partition coefficient (Wildman–Crippen LogP) is 1.61. The van der Waals surface area contributed by atoms with Crippen LogP contribution in [0.2, 0.25) is 0 Å². The molecule has 5 nitrogen and oxygen atoms in total. The van der Waals surface area contributed by atoms with Gasteiger partial charge in [-0.25, -0.2) is 8.42 Å². The average Bonchev–Trinajstić information content (AvgIpc) is 2.45. The van der Waals surface area contributed by atoms with Crippen LogP contribution in [0.25, 0.3) is 10.9 Å². The van der Waals surface area contributed by atoms with Gasteiger partial charge in [0.05, 0.1) is 10.4 Å². The molecule has 2 aromatic rings. The molecule has 1 aromatic heterocycles. The summed E-state index contributed by atoms with van der Waals surface area (Å²) >= 11 is 0. The highest BCUT2D eigenvalue weighted by Gasteiger charge is 2.34. The summed E-state index contributed by atoms with van der Waals surface area (Å²) in [6.07, 6.45) is 1.67. The molecule has 112 valence electrons. The Morgan fingerprint density at radius 1 is 1.24 bits per heavy atom. The number of hydrogen-bond donors (Lipinski definition) is 1. The molecule has 0 bridgehead atoms. The first-order valence-electron chi connectivity index (χ1n) is 6.99. The van der Waals surface area contributed by atoms with E-state index in [9.17, 15) is 8.42 Å². The van der Waals surface area contributed by atoms with E-state index >= 15 is 0 Å². The van der Waals surface area contributed by atoms with Crippen molar-refractivity contribution in [1.29, 1.82) is 0 Å². The number of sulfonamides is 1. The maximum atomic E-state index is 13.0. The van der Waals surface area contributed by atoms with Crippen molar-refractivity contribution in [2.75, 3.05) is 19.6 Å². The van der Waals surface area contributed by atoms with Gasteiger partial charge >= 0.3 is 0 Å².